The lowest BCUT2D eigenvalue weighted by Crippen LogP contribution is -2.28. The molecule has 0 aromatic heterocycles. The fraction of sp³-hybridized carbons (Fsp3) is 0.235. The molecule has 116 valence electrons. The number of amides is 1. The molecule has 0 saturated carbocycles. The molecular weight excluding hydrogens is 285 g/mol. The van der Waals surface area contributed by atoms with Crippen LogP contribution in [0.4, 0.5) is 4.39 Å². The van der Waals surface area contributed by atoms with Crippen LogP contribution in [-0.4, -0.2) is 24.2 Å². The van der Waals surface area contributed by atoms with E-state index in [1.165, 1.54) is 12.1 Å². The minimum atomic E-state index is -1.09. The van der Waals surface area contributed by atoms with Crippen molar-refractivity contribution in [3.63, 3.8) is 0 Å². The maximum atomic E-state index is 13.5. The van der Waals surface area contributed by atoms with Gasteiger partial charge in [-0.15, -0.1) is 0 Å². The number of carbonyl (C=O) groups is 1. The summed E-state index contributed by atoms with van der Waals surface area (Å²) in [6, 6.07) is 12.6. The molecule has 0 bridgehead atoms. The first kappa shape index (κ1) is 16.0. The number of ether oxygens (including phenoxy) is 1. The highest BCUT2D eigenvalue weighted by atomic mass is 19.1. The van der Waals surface area contributed by atoms with Crippen LogP contribution in [0.15, 0.2) is 48.5 Å². The Balaban J connectivity index is 1.93. The van der Waals surface area contributed by atoms with Crippen LogP contribution in [-0.2, 0) is 0 Å². The number of aliphatic hydroxyl groups excluding tert-OH is 1. The van der Waals surface area contributed by atoms with Gasteiger partial charge < -0.3 is 15.2 Å². The molecule has 0 spiro atoms. The second-order valence-corrected chi connectivity index (χ2v) is 4.70. The van der Waals surface area contributed by atoms with E-state index in [1.54, 1.807) is 36.4 Å². The molecule has 1 amide bonds. The maximum Gasteiger partial charge on any atom is 0.251 e. The van der Waals surface area contributed by atoms with Crippen LogP contribution >= 0.6 is 0 Å². The van der Waals surface area contributed by atoms with E-state index in [1.807, 2.05) is 6.92 Å². The average Bonchev–Trinajstić information content (AvgIpc) is 2.54. The summed E-state index contributed by atoms with van der Waals surface area (Å²) in [5.41, 5.74) is 0.610. The van der Waals surface area contributed by atoms with E-state index in [-0.39, 0.29) is 18.0 Å². The molecule has 0 radical (unpaired) electrons. The minimum absolute atomic E-state index is 0.0625. The van der Waals surface area contributed by atoms with Crippen LogP contribution in [0.25, 0.3) is 0 Å². The van der Waals surface area contributed by atoms with Crippen molar-refractivity contribution in [1.29, 1.82) is 0 Å². The molecule has 1 unspecified atom stereocenters. The van der Waals surface area contributed by atoms with Crippen molar-refractivity contribution in [3.05, 3.63) is 65.5 Å². The van der Waals surface area contributed by atoms with Crippen molar-refractivity contribution in [2.24, 2.45) is 0 Å². The lowest BCUT2D eigenvalue weighted by atomic mass is 10.1. The number of hydrogen-bond acceptors (Lipinski definition) is 3. The number of benzene rings is 2. The molecular formula is C17H18FNO3. The van der Waals surface area contributed by atoms with Gasteiger partial charge in [-0.25, -0.2) is 4.39 Å². The van der Waals surface area contributed by atoms with Crippen molar-refractivity contribution in [3.8, 4) is 5.75 Å². The predicted molar refractivity (Wildman–Crippen MR) is 81.3 cm³/mol. The fourth-order valence-electron chi connectivity index (χ4n) is 2.02. The molecule has 2 aromatic carbocycles. The van der Waals surface area contributed by atoms with Crippen LogP contribution < -0.4 is 10.1 Å². The summed E-state index contributed by atoms with van der Waals surface area (Å²) in [7, 11) is 0. The summed E-state index contributed by atoms with van der Waals surface area (Å²) in [4.78, 5) is 12.0. The van der Waals surface area contributed by atoms with Gasteiger partial charge in [-0.05, 0) is 37.3 Å². The average molecular weight is 303 g/mol. The predicted octanol–water partition coefficient (Wildman–Crippen LogP) is 2.69. The monoisotopic (exact) mass is 303 g/mol. The van der Waals surface area contributed by atoms with Gasteiger partial charge in [0.1, 0.15) is 11.6 Å². The zero-order valence-electron chi connectivity index (χ0n) is 12.3. The van der Waals surface area contributed by atoms with E-state index in [9.17, 15) is 14.3 Å². The van der Waals surface area contributed by atoms with E-state index in [0.717, 1.165) is 0 Å². The lowest BCUT2D eigenvalue weighted by molar-refractivity contribution is 0.0914. The standard InChI is InChI=1S/C17H18FNO3/c1-2-22-13-9-7-12(8-10-13)17(21)19-11-16(20)14-5-3-4-6-15(14)18/h3-10,16,20H,2,11H2,1H3,(H,19,21). The first-order chi connectivity index (χ1) is 10.6. The minimum Gasteiger partial charge on any atom is -0.494 e. The molecule has 0 aliphatic carbocycles. The van der Waals surface area contributed by atoms with E-state index in [4.69, 9.17) is 4.74 Å². The summed E-state index contributed by atoms with van der Waals surface area (Å²) in [6.07, 6.45) is -1.09. The van der Waals surface area contributed by atoms with Gasteiger partial charge in [0, 0.05) is 17.7 Å². The van der Waals surface area contributed by atoms with Crippen molar-refractivity contribution < 1.29 is 19.0 Å². The zero-order valence-corrected chi connectivity index (χ0v) is 12.3. The zero-order chi connectivity index (χ0) is 15.9. The quantitative estimate of drug-likeness (QED) is 0.862. The second-order valence-electron chi connectivity index (χ2n) is 4.70. The van der Waals surface area contributed by atoms with Crippen molar-refractivity contribution >= 4 is 5.91 Å². The van der Waals surface area contributed by atoms with Gasteiger partial charge >= 0.3 is 0 Å². The van der Waals surface area contributed by atoms with Gasteiger partial charge in [-0.2, -0.15) is 0 Å². The summed E-state index contributed by atoms with van der Waals surface area (Å²) in [5, 5.41) is 12.5. The Morgan fingerprint density at radius 3 is 2.55 bits per heavy atom. The summed E-state index contributed by atoms with van der Waals surface area (Å²) in [5.74, 6) is -0.144. The molecule has 0 heterocycles. The number of aliphatic hydroxyl groups is 1. The molecule has 2 rings (SSSR count). The van der Waals surface area contributed by atoms with Crippen LogP contribution in [0.5, 0.6) is 5.75 Å². The number of rotatable bonds is 6. The molecule has 0 aliphatic heterocycles. The van der Waals surface area contributed by atoms with E-state index in [0.29, 0.717) is 17.9 Å². The van der Waals surface area contributed by atoms with Gasteiger partial charge in [0.05, 0.1) is 12.7 Å². The smallest absolute Gasteiger partial charge is 0.251 e. The second kappa shape index (κ2) is 7.56. The van der Waals surface area contributed by atoms with Crippen LogP contribution in [0.3, 0.4) is 0 Å². The van der Waals surface area contributed by atoms with Gasteiger partial charge in [0.15, 0.2) is 0 Å². The molecule has 1 atom stereocenters. The van der Waals surface area contributed by atoms with Crippen molar-refractivity contribution in [2.75, 3.05) is 13.2 Å². The van der Waals surface area contributed by atoms with Crippen LogP contribution in [0.1, 0.15) is 28.9 Å². The Bertz CT molecular complexity index is 628. The first-order valence-electron chi connectivity index (χ1n) is 7.05. The third kappa shape index (κ3) is 4.05. The number of hydrogen-bond donors (Lipinski definition) is 2. The number of carbonyl (C=O) groups excluding carboxylic acids is 1. The highest BCUT2D eigenvalue weighted by Gasteiger charge is 2.14. The number of nitrogens with one attached hydrogen (secondary N) is 1. The van der Waals surface area contributed by atoms with Crippen molar-refractivity contribution in [2.45, 2.75) is 13.0 Å². The maximum absolute atomic E-state index is 13.5. The third-order valence-electron chi connectivity index (χ3n) is 3.15. The van der Waals surface area contributed by atoms with Crippen LogP contribution in [0, 0.1) is 5.82 Å². The Morgan fingerprint density at radius 2 is 1.91 bits per heavy atom. The Kier molecular flexibility index (Phi) is 5.49. The topological polar surface area (TPSA) is 58.6 Å². The largest absolute Gasteiger partial charge is 0.494 e. The van der Waals surface area contributed by atoms with Gasteiger partial charge in [-0.3, -0.25) is 4.79 Å². The lowest BCUT2D eigenvalue weighted by Gasteiger charge is -2.13. The Hall–Kier alpha value is -2.40. The number of halogens is 1. The van der Waals surface area contributed by atoms with E-state index in [2.05, 4.69) is 5.32 Å². The SMILES string of the molecule is CCOc1ccc(C(=O)NCC(O)c2ccccc2F)cc1. The Morgan fingerprint density at radius 1 is 1.23 bits per heavy atom. The van der Waals surface area contributed by atoms with E-state index >= 15 is 0 Å². The normalized spacial score (nSPS) is 11.8. The van der Waals surface area contributed by atoms with Gasteiger partial charge in [0.2, 0.25) is 0 Å². The molecule has 0 fully saturated rings. The van der Waals surface area contributed by atoms with Gasteiger partial charge in [-0.1, -0.05) is 18.2 Å². The molecule has 2 aromatic rings. The molecule has 5 heteroatoms. The molecule has 2 N–H and O–H groups in total. The summed E-state index contributed by atoms with van der Waals surface area (Å²) in [6.45, 7) is 2.37. The molecule has 4 nitrogen and oxygen atoms in total. The van der Waals surface area contributed by atoms with E-state index < -0.39 is 11.9 Å². The summed E-state index contributed by atoms with van der Waals surface area (Å²) < 4.78 is 18.8. The third-order valence-corrected chi connectivity index (χ3v) is 3.15. The summed E-state index contributed by atoms with van der Waals surface area (Å²) >= 11 is 0. The Labute approximate surface area is 128 Å². The first-order valence-corrected chi connectivity index (χ1v) is 7.05. The fourth-order valence-corrected chi connectivity index (χ4v) is 2.02. The molecule has 0 saturated heterocycles. The molecule has 0 aliphatic rings. The highest BCUT2D eigenvalue weighted by Crippen LogP contribution is 2.16. The van der Waals surface area contributed by atoms with Crippen molar-refractivity contribution in [1.82, 2.24) is 5.32 Å². The van der Waals surface area contributed by atoms with Crippen LogP contribution in [0.2, 0.25) is 0 Å². The highest BCUT2D eigenvalue weighted by molar-refractivity contribution is 5.94. The molecule has 22 heavy (non-hydrogen) atoms. The van der Waals surface area contributed by atoms with Gasteiger partial charge in [0.25, 0.3) is 5.91 Å².